The minimum Gasteiger partial charge on any atom is -0.494 e. The van der Waals surface area contributed by atoms with E-state index in [1.165, 1.54) is 32.2 Å². The van der Waals surface area contributed by atoms with Crippen molar-refractivity contribution in [2.24, 2.45) is 0 Å². The highest BCUT2D eigenvalue weighted by atomic mass is 16.5. The Morgan fingerprint density at radius 1 is 0.875 bits per heavy atom. The topological polar surface area (TPSA) is 32.8 Å². The van der Waals surface area contributed by atoms with Crippen molar-refractivity contribution >= 4 is 5.78 Å². The van der Waals surface area contributed by atoms with Crippen molar-refractivity contribution in [1.82, 2.24) is 9.80 Å². The third-order valence-corrected chi connectivity index (χ3v) is 6.19. The molecule has 3 rings (SSSR count). The van der Waals surface area contributed by atoms with E-state index in [1.54, 1.807) is 0 Å². The number of nitrogens with zero attached hydrogens (tertiary/aromatic N) is 2. The van der Waals surface area contributed by atoms with Crippen molar-refractivity contribution in [3.05, 3.63) is 29.8 Å². The number of ketones is 1. The number of benzene rings is 1. The van der Waals surface area contributed by atoms with Crippen LogP contribution in [0.25, 0.3) is 0 Å². The Morgan fingerprint density at radius 3 is 1.94 bits per heavy atom. The number of Topliss-reactive ketones (excluding diaryl/α,β-unsaturated/α-hetero) is 1. The Bertz CT molecular complexity index is 578. The van der Waals surface area contributed by atoms with Crippen molar-refractivity contribution in [3.63, 3.8) is 0 Å². The first-order chi connectivity index (χ1) is 15.5. The van der Waals surface area contributed by atoms with Crippen molar-refractivity contribution in [3.8, 4) is 5.75 Å². The third-order valence-electron chi connectivity index (χ3n) is 6.19. The average Bonchev–Trinajstić information content (AvgIpc) is 3.40. The lowest BCUT2D eigenvalue weighted by atomic mass is 10.1. The summed E-state index contributed by atoms with van der Waals surface area (Å²) < 4.78 is 5.85. The second kappa shape index (κ2) is 18.1. The molecule has 2 fully saturated rings. The fraction of sp³-hybridized carbons (Fsp3) is 0.750. The van der Waals surface area contributed by atoms with E-state index in [4.69, 9.17) is 4.74 Å². The lowest BCUT2D eigenvalue weighted by Crippen LogP contribution is -2.37. The molecule has 2 aliphatic heterocycles. The molecule has 4 heteroatoms. The fourth-order valence-corrected chi connectivity index (χ4v) is 4.34. The van der Waals surface area contributed by atoms with E-state index in [0.29, 0.717) is 18.6 Å². The highest BCUT2D eigenvalue weighted by Crippen LogP contribution is 2.24. The maximum Gasteiger partial charge on any atom is 0.176 e. The molecule has 0 N–H and O–H groups in total. The molecule has 3 atom stereocenters. The third kappa shape index (κ3) is 10.0. The van der Waals surface area contributed by atoms with Crippen LogP contribution in [0.2, 0.25) is 0 Å². The predicted octanol–water partition coefficient (Wildman–Crippen LogP) is 7.07. The van der Waals surface area contributed by atoms with E-state index in [2.05, 4.69) is 30.6 Å². The zero-order valence-electron chi connectivity index (χ0n) is 22.6. The minimum absolute atomic E-state index is 0.208. The van der Waals surface area contributed by atoms with Gasteiger partial charge in [0.05, 0.1) is 13.2 Å². The summed E-state index contributed by atoms with van der Waals surface area (Å²) in [6.45, 7) is 22.4. The van der Waals surface area contributed by atoms with Gasteiger partial charge in [0.1, 0.15) is 5.75 Å². The van der Waals surface area contributed by atoms with Crippen molar-refractivity contribution in [2.75, 3.05) is 26.2 Å². The molecule has 2 saturated heterocycles. The summed E-state index contributed by atoms with van der Waals surface area (Å²) in [5, 5.41) is 0. The first-order valence-electron chi connectivity index (χ1n) is 13.3. The average molecular weight is 449 g/mol. The van der Waals surface area contributed by atoms with Crippen molar-refractivity contribution < 1.29 is 9.53 Å². The van der Waals surface area contributed by atoms with Gasteiger partial charge in [0.15, 0.2) is 5.78 Å². The van der Waals surface area contributed by atoms with Crippen LogP contribution in [0.3, 0.4) is 0 Å². The van der Waals surface area contributed by atoms with Gasteiger partial charge in [-0.05, 0) is 83.7 Å². The molecule has 1 aromatic carbocycles. The summed E-state index contributed by atoms with van der Waals surface area (Å²) >= 11 is 0. The van der Waals surface area contributed by atoms with Crippen LogP contribution in [0.4, 0.5) is 0 Å². The van der Waals surface area contributed by atoms with Crippen LogP contribution in [0.15, 0.2) is 24.3 Å². The van der Waals surface area contributed by atoms with E-state index >= 15 is 0 Å². The fourth-order valence-electron chi connectivity index (χ4n) is 4.34. The first kappa shape index (κ1) is 30.6. The first-order valence-corrected chi connectivity index (χ1v) is 13.3. The lowest BCUT2D eigenvalue weighted by molar-refractivity contribution is 0.0898. The quantitative estimate of drug-likeness (QED) is 0.314. The van der Waals surface area contributed by atoms with Gasteiger partial charge in [-0.3, -0.25) is 9.69 Å². The van der Waals surface area contributed by atoms with Gasteiger partial charge in [-0.2, -0.15) is 0 Å². The van der Waals surface area contributed by atoms with Crippen LogP contribution >= 0.6 is 0 Å². The van der Waals surface area contributed by atoms with E-state index < -0.39 is 0 Å². The Labute approximate surface area is 199 Å². The van der Waals surface area contributed by atoms with Gasteiger partial charge in [0.25, 0.3) is 0 Å². The molecule has 0 amide bonds. The maximum absolute atomic E-state index is 12.6. The van der Waals surface area contributed by atoms with Crippen LogP contribution in [-0.2, 0) is 0 Å². The molecular formula is C28H52N2O2. The van der Waals surface area contributed by atoms with Crippen molar-refractivity contribution in [1.29, 1.82) is 0 Å². The molecule has 0 bridgehead atoms. The molecule has 1 aromatic rings. The maximum atomic E-state index is 12.6. The van der Waals surface area contributed by atoms with Crippen LogP contribution in [-0.4, -0.2) is 59.9 Å². The number of likely N-dealkylation sites (tertiary alicyclic amines) is 2. The normalized spacial score (nSPS) is 22.6. The molecule has 2 unspecified atom stereocenters. The second-order valence-electron chi connectivity index (χ2n) is 8.12. The number of hydrogen-bond acceptors (Lipinski definition) is 4. The number of hydrogen-bond donors (Lipinski definition) is 0. The summed E-state index contributed by atoms with van der Waals surface area (Å²) in [6.07, 6.45) is 6.09. The minimum atomic E-state index is 0.208. The molecule has 0 spiro atoms. The van der Waals surface area contributed by atoms with Crippen LogP contribution < -0.4 is 4.74 Å². The van der Waals surface area contributed by atoms with Gasteiger partial charge in [0, 0.05) is 30.2 Å². The highest BCUT2D eigenvalue weighted by molar-refractivity contribution is 5.97. The molecule has 186 valence electrons. The van der Waals surface area contributed by atoms with Gasteiger partial charge < -0.3 is 9.64 Å². The Kier molecular flexibility index (Phi) is 17.3. The molecule has 4 nitrogen and oxygen atoms in total. The van der Waals surface area contributed by atoms with Gasteiger partial charge in [-0.1, -0.05) is 41.5 Å². The second-order valence-corrected chi connectivity index (χ2v) is 8.12. The largest absolute Gasteiger partial charge is 0.494 e. The van der Waals surface area contributed by atoms with Gasteiger partial charge in [-0.25, -0.2) is 0 Å². The molecule has 0 radical (unpaired) electrons. The zero-order chi connectivity index (χ0) is 24.5. The number of carbonyl (C=O) groups is 1. The van der Waals surface area contributed by atoms with Crippen LogP contribution in [0.1, 0.15) is 105 Å². The Balaban J connectivity index is 0.00000148. The zero-order valence-corrected chi connectivity index (χ0v) is 22.6. The molecule has 0 aromatic heterocycles. The van der Waals surface area contributed by atoms with Crippen molar-refractivity contribution in [2.45, 2.75) is 113 Å². The van der Waals surface area contributed by atoms with E-state index in [-0.39, 0.29) is 5.78 Å². The number of carbonyl (C=O) groups excluding carboxylic acids is 1. The number of rotatable bonds is 8. The monoisotopic (exact) mass is 448 g/mol. The molecule has 0 saturated carbocycles. The molecule has 2 aliphatic rings. The summed E-state index contributed by atoms with van der Waals surface area (Å²) in [7, 11) is 0. The summed E-state index contributed by atoms with van der Waals surface area (Å²) in [6, 6.07) is 9.42. The molecule has 32 heavy (non-hydrogen) atoms. The summed E-state index contributed by atoms with van der Waals surface area (Å²) in [4.78, 5) is 17.4. The number of ether oxygens (including phenoxy) is 1. The van der Waals surface area contributed by atoms with E-state index in [1.807, 2.05) is 65.8 Å². The Morgan fingerprint density at radius 2 is 1.44 bits per heavy atom. The summed E-state index contributed by atoms with van der Waals surface area (Å²) in [5.74, 6) is 1.07. The standard InChI is InChI=1S/C22H34N2O2.3C2H6/c1-17-6-4-13-23(17)14-5-15-26-21-11-9-20(10-12-21)22(25)16-24-18(2)7-8-19(24)3;3*1-2/h9-12,17-19H,4-8,13-16H2,1-3H3;3*1-2H3/t17-,18?,19?;;;/m1.../s1. The highest BCUT2D eigenvalue weighted by Gasteiger charge is 2.28. The van der Waals surface area contributed by atoms with E-state index in [0.717, 1.165) is 36.9 Å². The van der Waals surface area contributed by atoms with Gasteiger partial charge in [0.2, 0.25) is 0 Å². The molecular weight excluding hydrogens is 396 g/mol. The smallest absolute Gasteiger partial charge is 0.176 e. The van der Waals surface area contributed by atoms with Crippen LogP contribution in [0.5, 0.6) is 5.75 Å². The SMILES string of the molecule is CC.CC.CC.CC1CCC(C)N1CC(=O)c1ccc(OCCCN2CCC[C@H]2C)cc1. The van der Waals surface area contributed by atoms with Gasteiger partial charge >= 0.3 is 0 Å². The molecule has 0 aliphatic carbocycles. The van der Waals surface area contributed by atoms with E-state index in [9.17, 15) is 4.79 Å². The summed E-state index contributed by atoms with van der Waals surface area (Å²) in [5.41, 5.74) is 0.787. The Hall–Kier alpha value is -1.39. The lowest BCUT2D eigenvalue weighted by Gasteiger charge is -2.25. The van der Waals surface area contributed by atoms with Gasteiger partial charge in [-0.15, -0.1) is 0 Å². The molecule has 2 heterocycles. The predicted molar refractivity (Wildman–Crippen MR) is 140 cm³/mol. The van der Waals surface area contributed by atoms with Crippen LogP contribution in [0, 0.1) is 0 Å².